The van der Waals surface area contributed by atoms with Gasteiger partial charge in [0.2, 0.25) is 0 Å². The van der Waals surface area contributed by atoms with E-state index in [9.17, 15) is 19.2 Å². The Labute approximate surface area is 151 Å². The number of imide groups is 1. The Morgan fingerprint density at radius 2 is 1.65 bits per heavy atom. The van der Waals surface area contributed by atoms with E-state index in [4.69, 9.17) is 9.57 Å². The minimum atomic E-state index is -0.803. The third-order valence-electron chi connectivity index (χ3n) is 3.58. The van der Waals surface area contributed by atoms with Crippen molar-refractivity contribution in [1.82, 2.24) is 10.4 Å². The first-order valence-electron chi connectivity index (χ1n) is 8.30. The first-order valence-corrected chi connectivity index (χ1v) is 8.30. The van der Waals surface area contributed by atoms with Crippen LogP contribution in [0.5, 0.6) is 0 Å². The van der Waals surface area contributed by atoms with Crippen LogP contribution in [0.15, 0.2) is 24.3 Å². The molecule has 0 aromatic heterocycles. The Balaban J connectivity index is 1.95. The molecule has 26 heavy (non-hydrogen) atoms. The zero-order valence-electron chi connectivity index (χ0n) is 15.2. The number of carbonyl (C=O) groups excluding carboxylic acids is 4. The maximum Gasteiger partial charge on any atom is 0.407 e. The normalized spacial score (nSPS) is 14.7. The summed E-state index contributed by atoms with van der Waals surface area (Å²) in [7, 11) is 0. The number of hydroxylamine groups is 2. The van der Waals surface area contributed by atoms with Crippen LogP contribution < -0.4 is 5.32 Å². The summed E-state index contributed by atoms with van der Waals surface area (Å²) in [6.07, 6.45) is -0.419. The van der Waals surface area contributed by atoms with Crippen molar-refractivity contribution < 1.29 is 28.8 Å². The number of hydrogen-bond donors (Lipinski definition) is 1. The molecule has 1 aliphatic rings. The standard InChI is InChI=1S/C18H22N2O6/c1-5-11(19-17(24)25-18(2,3)4)10-14(21)26-20-15(22)12-8-6-7-9-13(12)16(20)23/h6-9,11H,5,10H2,1-4H3,(H,19,24)/t11-/m1/s1. The van der Waals surface area contributed by atoms with Gasteiger partial charge in [-0.3, -0.25) is 9.59 Å². The number of amides is 3. The largest absolute Gasteiger partial charge is 0.444 e. The van der Waals surface area contributed by atoms with Crippen molar-refractivity contribution in [2.75, 3.05) is 0 Å². The number of alkyl carbamates (subject to hydrolysis) is 1. The first-order chi connectivity index (χ1) is 12.1. The van der Waals surface area contributed by atoms with Crippen LogP contribution in [0.1, 0.15) is 61.3 Å². The second-order valence-corrected chi connectivity index (χ2v) is 6.87. The number of benzene rings is 1. The van der Waals surface area contributed by atoms with E-state index in [-0.39, 0.29) is 17.5 Å². The number of fused-ring (bicyclic) bond motifs is 1. The van der Waals surface area contributed by atoms with E-state index >= 15 is 0 Å². The van der Waals surface area contributed by atoms with Gasteiger partial charge in [0.1, 0.15) is 5.60 Å². The highest BCUT2D eigenvalue weighted by atomic mass is 16.7. The fourth-order valence-corrected chi connectivity index (χ4v) is 2.36. The lowest BCUT2D eigenvalue weighted by molar-refractivity contribution is -0.169. The minimum absolute atomic E-state index is 0.184. The molecule has 0 spiro atoms. The molecule has 0 bridgehead atoms. The molecule has 8 nitrogen and oxygen atoms in total. The molecular weight excluding hydrogens is 340 g/mol. The summed E-state index contributed by atoms with van der Waals surface area (Å²) in [5, 5.41) is 3.02. The first kappa shape index (κ1) is 19.4. The molecule has 0 fully saturated rings. The molecule has 1 heterocycles. The zero-order chi connectivity index (χ0) is 19.5. The van der Waals surface area contributed by atoms with Crippen LogP contribution in [0, 0.1) is 0 Å². The second kappa shape index (κ2) is 7.55. The zero-order valence-corrected chi connectivity index (χ0v) is 15.2. The maximum atomic E-state index is 12.2. The summed E-state index contributed by atoms with van der Waals surface area (Å²) >= 11 is 0. The van der Waals surface area contributed by atoms with Crippen molar-refractivity contribution in [3.63, 3.8) is 0 Å². The fraction of sp³-hybridized carbons (Fsp3) is 0.444. The molecule has 0 saturated carbocycles. The van der Waals surface area contributed by atoms with Crippen molar-refractivity contribution in [3.05, 3.63) is 35.4 Å². The van der Waals surface area contributed by atoms with E-state index in [1.54, 1.807) is 39.8 Å². The molecule has 0 saturated heterocycles. The SMILES string of the molecule is CC[C@H](CC(=O)ON1C(=O)c2ccccc2C1=O)NC(=O)OC(C)(C)C. The molecule has 8 heteroatoms. The highest BCUT2D eigenvalue weighted by molar-refractivity contribution is 6.20. The van der Waals surface area contributed by atoms with E-state index in [0.717, 1.165) is 0 Å². The van der Waals surface area contributed by atoms with Gasteiger partial charge in [-0.2, -0.15) is 0 Å². The number of nitrogens with one attached hydrogen (secondary N) is 1. The number of ether oxygens (including phenoxy) is 1. The van der Waals surface area contributed by atoms with Gasteiger partial charge in [-0.15, -0.1) is 0 Å². The fourth-order valence-electron chi connectivity index (χ4n) is 2.36. The van der Waals surface area contributed by atoms with Crippen molar-refractivity contribution in [3.8, 4) is 0 Å². The monoisotopic (exact) mass is 362 g/mol. The van der Waals surface area contributed by atoms with Gasteiger partial charge in [0.05, 0.1) is 17.5 Å². The van der Waals surface area contributed by atoms with Crippen LogP contribution >= 0.6 is 0 Å². The lowest BCUT2D eigenvalue weighted by Crippen LogP contribution is -2.41. The summed E-state index contributed by atoms with van der Waals surface area (Å²) in [4.78, 5) is 53.2. The van der Waals surface area contributed by atoms with E-state index < -0.39 is 35.5 Å². The number of hydrogen-bond acceptors (Lipinski definition) is 6. The van der Waals surface area contributed by atoms with Gasteiger partial charge in [-0.25, -0.2) is 9.59 Å². The Hall–Kier alpha value is -2.90. The van der Waals surface area contributed by atoms with E-state index in [1.165, 1.54) is 12.1 Å². The molecule has 1 N–H and O–H groups in total. The van der Waals surface area contributed by atoms with Gasteiger partial charge in [0, 0.05) is 6.04 Å². The van der Waals surface area contributed by atoms with Gasteiger partial charge in [0.15, 0.2) is 0 Å². The topological polar surface area (TPSA) is 102 Å². The molecule has 0 unspecified atom stereocenters. The third-order valence-corrected chi connectivity index (χ3v) is 3.58. The minimum Gasteiger partial charge on any atom is -0.444 e. The number of carbonyl (C=O) groups is 4. The highest BCUT2D eigenvalue weighted by Crippen LogP contribution is 2.23. The summed E-state index contributed by atoms with van der Waals surface area (Å²) in [6, 6.07) is 5.66. The van der Waals surface area contributed by atoms with E-state index in [1.807, 2.05) is 0 Å². The highest BCUT2D eigenvalue weighted by Gasteiger charge is 2.38. The predicted molar refractivity (Wildman–Crippen MR) is 91.1 cm³/mol. The lowest BCUT2D eigenvalue weighted by Gasteiger charge is -2.23. The van der Waals surface area contributed by atoms with Gasteiger partial charge in [-0.1, -0.05) is 24.1 Å². The molecule has 1 atom stereocenters. The summed E-state index contributed by atoms with van der Waals surface area (Å²) in [5.41, 5.74) is -0.295. The molecule has 1 aliphatic heterocycles. The van der Waals surface area contributed by atoms with Crippen LogP contribution in [-0.2, 0) is 14.4 Å². The van der Waals surface area contributed by atoms with Crippen LogP contribution in [-0.4, -0.2) is 40.6 Å². The Kier molecular flexibility index (Phi) is 5.64. The van der Waals surface area contributed by atoms with Crippen LogP contribution in [0.25, 0.3) is 0 Å². The van der Waals surface area contributed by atoms with Crippen molar-refractivity contribution >= 4 is 23.9 Å². The van der Waals surface area contributed by atoms with Crippen LogP contribution in [0.2, 0.25) is 0 Å². The molecule has 3 amide bonds. The van der Waals surface area contributed by atoms with Gasteiger partial charge in [0.25, 0.3) is 11.8 Å². The quantitative estimate of drug-likeness (QED) is 0.807. The molecule has 2 rings (SSSR count). The third kappa shape index (κ3) is 4.59. The molecular formula is C18H22N2O6. The van der Waals surface area contributed by atoms with Crippen molar-refractivity contribution in [2.45, 2.75) is 52.2 Å². The average molecular weight is 362 g/mol. The Bertz CT molecular complexity index is 702. The second-order valence-electron chi connectivity index (χ2n) is 6.87. The van der Waals surface area contributed by atoms with Gasteiger partial charge < -0.3 is 14.9 Å². The molecule has 1 aromatic rings. The van der Waals surface area contributed by atoms with Gasteiger partial charge >= 0.3 is 12.1 Å². The molecule has 1 aromatic carbocycles. The van der Waals surface area contributed by atoms with E-state index in [0.29, 0.717) is 11.5 Å². The van der Waals surface area contributed by atoms with Gasteiger partial charge in [-0.05, 0) is 39.3 Å². The number of nitrogens with zero attached hydrogens (tertiary/aromatic N) is 1. The average Bonchev–Trinajstić information content (AvgIpc) is 2.78. The molecule has 0 aliphatic carbocycles. The summed E-state index contributed by atoms with van der Waals surface area (Å²) < 4.78 is 5.14. The predicted octanol–water partition coefficient (Wildman–Crippen LogP) is 2.43. The Morgan fingerprint density at radius 3 is 2.12 bits per heavy atom. The summed E-state index contributed by atoms with van der Waals surface area (Å²) in [6.45, 7) is 6.95. The summed E-state index contributed by atoms with van der Waals surface area (Å²) in [5.74, 6) is -2.18. The van der Waals surface area contributed by atoms with Crippen molar-refractivity contribution in [1.29, 1.82) is 0 Å². The van der Waals surface area contributed by atoms with E-state index in [2.05, 4.69) is 5.32 Å². The van der Waals surface area contributed by atoms with Crippen LogP contribution in [0.3, 0.4) is 0 Å². The smallest absolute Gasteiger partial charge is 0.407 e. The maximum absolute atomic E-state index is 12.2. The van der Waals surface area contributed by atoms with Crippen LogP contribution in [0.4, 0.5) is 4.79 Å². The van der Waals surface area contributed by atoms with Crippen molar-refractivity contribution in [2.24, 2.45) is 0 Å². The Morgan fingerprint density at radius 1 is 1.12 bits per heavy atom. The lowest BCUT2D eigenvalue weighted by atomic mass is 10.1. The number of rotatable bonds is 5. The molecule has 140 valence electrons. The molecule has 0 radical (unpaired) electrons.